The second-order valence-electron chi connectivity index (χ2n) is 4.46. The lowest BCUT2D eigenvalue weighted by atomic mass is 10.0. The molecule has 0 aliphatic rings. The van der Waals surface area contributed by atoms with E-state index < -0.39 is 0 Å². The van der Waals surface area contributed by atoms with E-state index in [-0.39, 0.29) is 6.04 Å². The normalized spacial score (nSPS) is 12.2. The zero-order valence-electron chi connectivity index (χ0n) is 11.9. The lowest BCUT2D eigenvalue weighted by molar-refractivity contribution is 0.393. The molecule has 1 atom stereocenters. The van der Waals surface area contributed by atoms with Crippen molar-refractivity contribution in [1.82, 2.24) is 9.59 Å². The van der Waals surface area contributed by atoms with Gasteiger partial charge in [-0.1, -0.05) is 17.8 Å². The molecule has 1 aromatic carbocycles. The van der Waals surface area contributed by atoms with Crippen LogP contribution in [0.5, 0.6) is 11.5 Å². The van der Waals surface area contributed by atoms with Crippen molar-refractivity contribution in [2.24, 2.45) is 5.73 Å². The number of aryl methyl sites for hydroxylation is 1. The number of hydrogen-bond acceptors (Lipinski definition) is 6. The van der Waals surface area contributed by atoms with Crippen molar-refractivity contribution in [1.29, 1.82) is 0 Å². The minimum absolute atomic E-state index is 0.263. The van der Waals surface area contributed by atoms with E-state index in [4.69, 9.17) is 15.2 Å². The number of aromatic nitrogens is 2. The van der Waals surface area contributed by atoms with Crippen molar-refractivity contribution in [3.05, 3.63) is 34.3 Å². The largest absolute Gasteiger partial charge is 0.497 e. The van der Waals surface area contributed by atoms with E-state index in [1.807, 2.05) is 18.2 Å². The van der Waals surface area contributed by atoms with E-state index >= 15 is 0 Å². The molecule has 0 spiro atoms. The Bertz CT molecular complexity index is 549. The summed E-state index contributed by atoms with van der Waals surface area (Å²) in [7, 11) is 3.25. The average Bonchev–Trinajstić information content (AvgIpc) is 2.94. The minimum Gasteiger partial charge on any atom is -0.497 e. The summed E-state index contributed by atoms with van der Waals surface area (Å²) < 4.78 is 14.6. The maximum Gasteiger partial charge on any atom is 0.122 e. The van der Waals surface area contributed by atoms with Crippen molar-refractivity contribution in [2.75, 3.05) is 14.2 Å². The Kier molecular flexibility index (Phi) is 4.92. The number of nitrogens with zero attached hydrogens (tertiary/aromatic N) is 2. The predicted molar refractivity (Wildman–Crippen MR) is 79.5 cm³/mol. The topological polar surface area (TPSA) is 70.3 Å². The highest BCUT2D eigenvalue weighted by Gasteiger charge is 2.18. The van der Waals surface area contributed by atoms with Crippen LogP contribution < -0.4 is 15.2 Å². The van der Waals surface area contributed by atoms with Crippen LogP contribution in [0, 0.1) is 0 Å². The SMILES string of the molecule is CCCc1nnsc1C(N)c1cc(OC)cc(OC)c1. The van der Waals surface area contributed by atoms with Crippen LogP contribution in [0.4, 0.5) is 0 Å². The maximum absolute atomic E-state index is 6.36. The highest BCUT2D eigenvalue weighted by atomic mass is 32.1. The molecule has 2 aromatic rings. The smallest absolute Gasteiger partial charge is 0.122 e. The Morgan fingerprint density at radius 1 is 1.20 bits per heavy atom. The number of rotatable bonds is 6. The standard InChI is InChI=1S/C14H19N3O2S/c1-4-5-12-14(20-17-16-12)13(15)9-6-10(18-2)8-11(7-9)19-3/h6-8,13H,4-5,15H2,1-3H3. The summed E-state index contributed by atoms with van der Waals surface area (Å²) >= 11 is 1.35. The molecule has 2 rings (SSSR count). The highest BCUT2D eigenvalue weighted by Crippen LogP contribution is 2.31. The fourth-order valence-electron chi connectivity index (χ4n) is 2.02. The first kappa shape index (κ1) is 14.7. The first-order valence-corrected chi connectivity index (χ1v) is 7.26. The summed E-state index contributed by atoms with van der Waals surface area (Å²) in [5.74, 6) is 1.45. The molecule has 0 saturated heterocycles. The Balaban J connectivity index is 2.36. The number of nitrogens with two attached hydrogens (primary N) is 1. The lowest BCUT2D eigenvalue weighted by Gasteiger charge is -2.14. The van der Waals surface area contributed by atoms with Gasteiger partial charge in [0.1, 0.15) is 11.5 Å². The quantitative estimate of drug-likeness (QED) is 0.886. The molecule has 0 aliphatic carbocycles. The van der Waals surface area contributed by atoms with Crippen molar-refractivity contribution in [3.63, 3.8) is 0 Å². The summed E-state index contributed by atoms with van der Waals surface area (Å²) in [6, 6.07) is 5.40. The van der Waals surface area contributed by atoms with Crippen molar-refractivity contribution in [2.45, 2.75) is 25.8 Å². The van der Waals surface area contributed by atoms with Crippen molar-refractivity contribution < 1.29 is 9.47 Å². The Labute approximate surface area is 122 Å². The predicted octanol–water partition coefficient (Wildman–Crippen LogP) is 2.56. The van der Waals surface area contributed by atoms with Crippen LogP contribution in [0.2, 0.25) is 0 Å². The summed E-state index contributed by atoms with van der Waals surface area (Å²) in [5, 5.41) is 4.16. The molecule has 108 valence electrons. The molecule has 1 unspecified atom stereocenters. The highest BCUT2D eigenvalue weighted by molar-refractivity contribution is 7.05. The van der Waals surface area contributed by atoms with Gasteiger partial charge in [-0.05, 0) is 35.6 Å². The Morgan fingerprint density at radius 3 is 2.40 bits per heavy atom. The van der Waals surface area contributed by atoms with E-state index in [0.717, 1.165) is 40.5 Å². The van der Waals surface area contributed by atoms with Gasteiger partial charge in [0, 0.05) is 6.07 Å². The van der Waals surface area contributed by atoms with Gasteiger partial charge in [0.05, 0.1) is 30.8 Å². The van der Waals surface area contributed by atoms with Crippen molar-refractivity contribution in [3.8, 4) is 11.5 Å². The molecule has 0 aliphatic heterocycles. The molecule has 20 heavy (non-hydrogen) atoms. The zero-order chi connectivity index (χ0) is 14.5. The summed E-state index contributed by atoms with van der Waals surface area (Å²) in [5.41, 5.74) is 8.27. The van der Waals surface area contributed by atoms with E-state index in [0.29, 0.717) is 0 Å². The van der Waals surface area contributed by atoms with Crippen LogP contribution in [0.1, 0.15) is 35.5 Å². The van der Waals surface area contributed by atoms with Crippen LogP contribution in [-0.2, 0) is 6.42 Å². The lowest BCUT2D eigenvalue weighted by Crippen LogP contribution is -2.12. The van der Waals surface area contributed by atoms with Crippen LogP contribution in [0.3, 0.4) is 0 Å². The molecular weight excluding hydrogens is 274 g/mol. The molecule has 0 radical (unpaired) electrons. The summed E-state index contributed by atoms with van der Waals surface area (Å²) in [4.78, 5) is 1.00. The number of benzene rings is 1. The molecule has 1 heterocycles. The van der Waals surface area contributed by atoms with Gasteiger partial charge in [0.15, 0.2) is 0 Å². The van der Waals surface area contributed by atoms with Gasteiger partial charge in [-0.2, -0.15) is 0 Å². The van der Waals surface area contributed by atoms with E-state index in [9.17, 15) is 0 Å². The van der Waals surface area contributed by atoms with Gasteiger partial charge in [-0.25, -0.2) is 0 Å². The third kappa shape index (κ3) is 3.08. The minimum atomic E-state index is -0.263. The van der Waals surface area contributed by atoms with Crippen LogP contribution in [-0.4, -0.2) is 23.8 Å². The first-order valence-electron chi connectivity index (χ1n) is 6.49. The van der Waals surface area contributed by atoms with E-state index in [1.54, 1.807) is 14.2 Å². The molecule has 0 amide bonds. The fourth-order valence-corrected chi connectivity index (χ4v) is 2.75. The second kappa shape index (κ2) is 6.67. The van der Waals surface area contributed by atoms with E-state index in [1.165, 1.54) is 11.5 Å². The van der Waals surface area contributed by atoms with Crippen LogP contribution in [0.25, 0.3) is 0 Å². The molecule has 6 heteroatoms. The van der Waals surface area contributed by atoms with Gasteiger partial charge in [0.25, 0.3) is 0 Å². The van der Waals surface area contributed by atoms with Gasteiger partial charge in [0.2, 0.25) is 0 Å². The van der Waals surface area contributed by atoms with Gasteiger partial charge < -0.3 is 15.2 Å². The molecule has 1 aromatic heterocycles. The van der Waals surface area contributed by atoms with Crippen LogP contribution >= 0.6 is 11.5 Å². The second-order valence-corrected chi connectivity index (χ2v) is 5.24. The number of ether oxygens (including phenoxy) is 2. The van der Waals surface area contributed by atoms with Crippen molar-refractivity contribution >= 4 is 11.5 Å². The maximum atomic E-state index is 6.36. The van der Waals surface area contributed by atoms with Gasteiger partial charge in [-0.15, -0.1) is 5.10 Å². The molecule has 0 fully saturated rings. The Hall–Kier alpha value is -1.66. The monoisotopic (exact) mass is 293 g/mol. The summed E-state index contributed by atoms with van der Waals surface area (Å²) in [6.07, 6.45) is 1.91. The molecule has 0 bridgehead atoms. The van der Waals surface area contributed by atoms with Gasteiger partial charge in [-0.3, -0.25) is 0 Å². The average molecular weight is 293 g/mol. The zero-order valence-corrected chi connectivity index (χ0v) is 12.7. The number of hydrogen-bond donors (Lipinski definition) is 1. The summed E-state index contributed by atoms with van der Waals surface area (Å²) in [6.45, 7) is 2.11. The molecule has 0 saturated carbocycles. The van der Waals surface area contributed by atoms with Gasteiger partial charge >= 0.3 is 0 Å². The molecular formula is C14H19N3O2S. The molecule has 2 N–H and O–H groups in total. The first-order chi connectivity index (χ1) is 9.69. The fraction of sp³-hybridized carbons (Fsp3) is 0.429. The molecule has 5 nitrogen and oxygen atoms in total. The van der Waals surface area contributed by atoms with Crippen LogP contribution in [0.15, 0.2) is 18.2 Å². The third-order valence-corrected chi connectivity index (χ3v) is 3.94. The number of methoxy groups -OCH3 is 2. The third-order valence-electron chi connectivity index (χ3n) is 3.09. The Morgan fingerprint density at radius 2 is 1.85 bits per heavy atom. The van der Waals surface area contributed by atoms with E-state index in [2.05, 4.69) is 16.5 Å².